The van der Waals surface area contributed by atoms with Gasteiger partial charge in [-0.25, -0.2) is 0 Å². The van der Waals surface area contributed by atoms with Gasteiger partial charge in [0.2, 0.25) is 4.77 Å². The molecule has 1 N–H and O–H groups in total. The number of hydrogen-bond donors (Lipinski definition) is 1. The smallest absolute Gasteiger partial charge is 0.387 e. The van der Waals surface area contributed by atoms with Gasteiger partial charge in [0.25, 0.3) is 0 Å². The number of H-pyrrole nitrogens is 1. The third kappa shape index (κ3) is 3.67. The molecule has 0 atom stereocenters. The van der Waals surface area contributed by atoms with Gasteiger partial charge in [-0.15, -0.1) is 0 Å². The van der Waals surface area contributed by atoms with Crippen molar-refractivity contribution < 1.29 is 18.3 Å². The molecule has 1 aromatic carbocycles. The van der Waals surface area contributed by atoms with Gasteiger partial charge in [-0.1, -0.05) is 6.07 Å². The molecule has 0 aliphatic heterocycles. The van der Waals surface area contributed by atoms with Crippen molar-refractivity contribution in [2.75, 3.05) is 6.61 Å². The summed E-state index contributed by atoms with van der Waals surface area (Å²) in [5.41, 5.74) is 0.341. The van der Waals surface area contributed by atoms with Crippen LogP contribution in [0.2, 0.25) is 0 Å². The lowest BCUT2D eigenvalue weighted by atomic mass is 10.2. The molecule has 1 heterocycles. The largest absolute Gasteiger partial charge is 0.490 e. The van der Waals surface area contributed by atoms with Gasteiger partial charge in [0.1, 0.15) is 5.82 Å². The average molecular weight is 328 g/mol. The first-order valence-electron chi connectivity index (χ1n) is 6.42. The van der Waals surface area contributed by atoms with Crippen LogP contribution in [0.3, 0.4) is 0 Å². The summed E-state index contributed by atoms with van der Waals surface area (Å²) in [5.74, 6) is 0.688. The van der Waals surface area contributed by atoms with E-state index in [1.807, 2.05) is 0 Å². The Bertz CT molecular complexity index is 727. The highest BCUT2D eigenvalue weighted by molar-refractivity contribution is 7.71. The van der Waals surface area contributed by atoms with E-state index in [1.54, 1.807) is 32.0 Å². The van der Waals surface area contributed by atoms with E-state index in [2.05, 4.69) is 20.0 Å². The Morgan fingerprint density at radius 3 is 2.86 bits per heavy atom. The molecule has 6 nitrogen and oxygen atoms in total. The lowest BCUT2D eigenvalue weighted by Crippen LogP contribution is -2.07. The number of aryl methyl sites for hydroxylation is 1. The van der Waals surface area contributed by atoms with E-state index in [0.717, 1.165) is 0 Å². The number of nitrogens with one attached hydrogen (secondary N) is 1. The fraction of sp³-hybridized carbons (Fsp3) is 0.308. The summed E-state index contributed by atoms with van der Waals surface area (Å²) < 4.78 is 36.7. The second-order valence-corrected chi connectivity index (χ2v) is 4.51. The molecule has 0 aliphatic rings. The molecule has 0 radical (unpaired) electrons. The fourth-order valence-corrected chi connectivity index (χ4v) is 1.97. The van der Waals surface area contributed by atoms with Gasteiger partial charge < -0.3 is 9.47 Å². The van der Waals surface area contributed by atoms with Gasteiger partial charge in [-0.05, 0) is 38.2 Å². The summed E-state index contributed by atoms with van der Waals surface area (Å²) in [6.07, 6.45) is 1.36. The highest BCUT2D eigenvalue weighted by atomic mass is 32.1. The minimum absolute atomic E-state index is 0.0734. The average Bonchev–Trinajstić information content (AvgIpc) is 2.78. The highest BCUT2D eigenvalue weighted by Crippen LogP contribution is 2.31. The maximum Gasteiger partial charge on any atom is 0.387 e. The van der Waals surface area contributed by atoms with Crippen molar-refractivity contribution >= 4 is 18.4 Å². The second-order valence-electron chi connectivity index (χ2n) is 4.12. The van der Waals surface area contributed by atoms with E-state index in [9.17, 15) is 8.78 Å². The molecule has 0 unspecified atom stereocenters. The van der Waals surface area contributed by atoms with Gasteiger partial charge in [0, 0.05) is 5.56 Å². The molecule has 0 saturated carbocycles. The van der Waals surface area contributed by atoms with E-state index in [-0.39, 0.29) is 11.5 Å². The fourth-order valence-electron chi connectivity index (χ4n) is 1.75. The van der Waals surface area contributed by atoms with E-state index < -0.39 is 6.61 Å². The van der Waals surface area contributed by atoms with Crippen molar-refractivity contribution in [1.29, 1.82) is 0 Å². The Kier molecular flexibility index (Phi) is 5.21. The molecule has 0 bridgehead atoms. The van der Waals surface area contributed by atoms with Crippen LogP contribution >= 0.6 is 12.2 Å². The first kappa shape index (κ1) is 16.1. The molecule has 9 heteroatoms. The Morgan fingerprint density at radius 1 is 1.50 bits per heavy atom. The molecule has 0 saturated heterocycles. The van der Waals surface area contributed by atoms with Gasteiger partial charge >= 0.3 is 6.61 Å². The predicted molar refractivity (Wildman–Crippen MR) is 79.4 cm³/mol. The molecule has 118 valence electrons. The van der Waals surface area contributed by atoms with Crippen LogP contribution in [-0.4, -0.2) is 34.3 Å². The van der Waals surface area contributed by atoms with E-state index in [1.165, 1.54) is 10.9 Å². The minimum Gasteiger partial charge on any atom is -0.490 e. The molecule has 0 amide bonds. The summed E-state index contributed by atoms with van der Waals surface area (Å²) in [7, 11) is 0. The van der Waals surface area contributed by atoms with E-state index in [0.29, 0.717) is 22.8 Å². The number of alkyl halides is 2. The summed E-state index contributed by atoms with van der Waals surface area (Å²) in [6, 6.07) is 4.79. The Balaban J connectivity index is 2.41. The van der Waals surface area contributed by atoms with Crippen LogP contribution in [0.1, 0.15) is 18.3 Å². The standard InChI is InChI=1S/C13H14F2N4O2S/c1-3-20-10-6-4-5-9(11(10)21-12(14)15)7-16-19-8(2)17-18-13(19)22/h4-7,12H,3H2,1-2H3,(H,18,22)/b16-7-. The van der Waals surface area contributed by atoms with Crippen molar-refractivity contribution in [2.45, 2.75) is 20.5 Å². The van der Waals surface area contributed by atoms with Gasteiger partial charge in [-0.3, -0.25) is 5.10 Å². The maximum atomic E-state index is 12.6. The molecule has 2 rings (SSSR count). The van der Waals surface area contributed by atoms with Crippen molar-refractivity contribution in [2.24, 2.45) is 5.10 Å². The second kappa shape index (κ2) is 7.12. The van der Waals surface area contributed by atoms with Crippen molar-refractivity contribution in [1.82, 2.24) is 14.9 Å². The van der Waals surface area contributed by atoms with Crippen LogP contribution in [-0.2, 0) is 0 Å². The molecule has 2 aromatic rings. The number of nitrogens with zero attached hydrogens (tertiary/aromatic N) is 3. The Hall–Kier alpha value is -2.29. The zero-order valence-corrected chi connectivity index (χ0v) is 12.7. The quantitative estimate of drug-likeness (QED) is 0.653. The number of ether oxygens (including phenoxy) is 2. The van der Waals surface area contributed by atoms with Crippen molar-refractivity contribution in [3.8, 4) is 11.5 Å². The van der Waals surface area contributed by atoms with E-state index in [4.69, 9.17) is 17.0 Å². The SMILES string of the molecule is CCOc1cccc(/C=N\n2c(C)n[nH]c2=S)c1OC(F)F. The van der Waals surface area contributed by atoms with Crippen LogP contribution in [0, 0.1) is 11.7 Å². The summed E-state index contributed by atoms with van der Waals surface area (Å²) in [5, 5.41) is 10.6. The van der Waals surface area contributed by atoms with Crippen LogP contribution in [0.5, 0.6) is 11.5 Å². The highest BCUT2D eigenvalue weighted by Gasteiger charge is 2.14. The topological polar surface area (TPSA) is 64.4 Å². The first-order chi connectivity index (χ1) is 10.5. The number of aromatic amines is 1. The number of benzene rings is 1. The Morgan fingerprint density at radius 2 is 2.27 bits per heavy atom. The molecule has 0 fully saturated rings. The van der Waals surface area contributed by atoms with Gasteiger partial charge in [0.15, 0.2) is 11.5 Å². The van der Waals surface area contributed by atoms with Crippen molar-refractivity contribution in [3.05, 3.63) is 34.4 Å². The maximum absolute atomic E-state index is 12.6. The van der Waals surface area contributed by atoms with Crippen molar-refractivity contribution in [3.63, 3.8) is 0 Å². The summed E-state index contributed by atoms with van der Waals surface area (Å²) in [4.78, 5) is 0. The monoisotopic (exact) mass is 328 g/mol. The van der Waals surface area contributed by atoms with Gasteiger partial charge in [0.05, 0.1) is 12.8 Å². The lowest BCUT2D eigenvalue weighted by molar-refractivity contribution is -0.0515. The normalized spacial score (nSPS) is 11.3. The molecular formula is C13H14F2N4O2S. The van der Waals surface area contributed by atoms with Crippen LogP contribution in [0.4, 0.5) is 8.78 Å². The first-order valence-corrected chi connectivity index (χ1v) is 6.82. The van der Waals surface area contributed by atoms with Gasteiger partial charge in [-0.2, -0.15) is 23.7 Å². The Labute approximate surface area is 130 Å². The number of aromatic nitrogens is 3. The zero-order valence-electron chi connectivity index (χ0n) is 11.9. The molecule has 0 spiro atoms. The molecule has 22 heavy (non-hydrogen) atoms. The van der Waals surface area contributed by atoms with Crippen LogP contribution in [0.15, 0.2) is 23.3 Å². The molecule has 1 aromatic heterocycles. The summed E-state index contributed by atoms with van der Waals surface area (Å²) in [6.45, 7) is 0.816. The summed E-state index contributed by atoms with van der Waals surface area (Å²) >= 11 is 5.01. The third-order valence-electron chi connectivity index (χ3n) is 2.64. The number of rotatable bonds is 6. The number of hydrogen-bond acceptors (Lipinski definition) is 5. The number of halogens is 2. The van der Waals surface area contributed by atoms with E-state index >= 15 is 0 Å². The molecule has 0 aliphatic carbocycles. The number of para-hydroxylation sites is 1. The third-order valence-corrected chi connectivity index (χ3v) is 2.90. The zero-order chi connectivity index (χ0) is 16.1. The molecular weight excluding hydrogens is 314 g/mol. The van der Waals surface area contributed by atoms with Crippen LogP contribution < -0.4 is 9.47 Å². The lowest BCUT2D eigenvalue weighted by Gasteiger charge is -2.13. The minimum atomic E-state index is -2.97. The predicted octanol–water partition coefficient (Wildman–Crippen LogP) is 3.13. The van der Waals surface area contributed by atoms with Crippen LogP contribution in [0.25, 0.3) is 0 Å².